The fourth-order valence-corrected chi connectivity index (χ4v) is 21.0. The molecule has 0 saturated heterocycles. The second-order valence-electron chi connectivity index (χ2n) is 33.1. The molecular weight excluding hydrogens is 1550 g/mol. The molecule has 0 aliphatic carbocycles. The summed E-state index contributed by atoms with van der Waals surface area (Å²) < 4.78 is 18.4. The summed E-state index contributed by atoms with van der Waals surface area (Å²) in [6.07, 6.45) is 0. The number of aromatic nitrogens is 4. The van der Waals surface area contributed by atoms with E-state index in [2.05, 4.69) is 467 Å². The highest BCUT2D eigenvalue weighted by atomic mass is 32.1. The van der Waals surface area contributed by atoms with E-state index in [1.54, 1.807) is 0 Å². The lowest BCUT2D eigenvalue weighted by Crippen LogP contribution is -1.96. The van der Waals surface area contributed by atoms with E-state index in [0.29, 0.717) is 0 Å². The van der Waals surface area contributed by atoms with Gasteiger partial charge in [0.2, 0.25) is 0 Å². The molecule has 0 bridgehead atoms. The Morgan fingerprint density at radius 3 is 0.746 bits per heavy atom. The van der Waals surface area contributed by atoms with Crippen molar-refractivity contribution in [3.8, 4) is 112 Å². The van der Waals surface area contributed by atoms with Crippen LogP contribution in [0.5, 0.6) is 0 Å². The minimum absolute atomic E-state index is 0.912. The maximum absolute atomic E-state index is 6.11. The molecule has 6 aromatic heterocycles. The first-order valence-electron chi connectivity index (χ1n) is 43.1. The first kappa shape index (κ1) is 72.4. The molecule has 126 heavy (non-hydrogen) atoms. The van der Waals surface area contributed by atoms with E-state index in [0.717, 1.165) is 44.7 Å². The van der Waals surface area contributed by atoms with Crippen LogP contribution in [0.15, 0.2) is 465 Å². The van der Waals surface area contributed by atoms with Gasteiger partial charge in [0.15, 0.2) is 0 Å². The summed E-state index contributed by atoms with van der Waals surface area (Å²) in [4.78, 5) is 0. The zero-order valence-electron chi connectivity index (χ0n) is 68.5. The third kappa shape index (κ3) is 12.3. The molecule has 0 aliphatic rings. The first-order chi connectivity index (χ1) is 62.4. The molecule has 26 aromatic rings. The topological polar surface area (TPSA) is 32.9 Å². The van der Waals surface area contributed by atoms with Crippen LogP contribution in [0.1, 0.15) is 0 Å². The molecule has 20 aromatic carbocycles. The molecule has 0 amide bonds. The normalized spacial score (nSPS) is 11.8. The number of fused-ring (bicyclic) bond motifs is 18. The number of furan rings is 1. The number of hydrogen-bond acceptors (Lipinski definition) is 2. The van der Waals surface area contributed by atoms with E-state index in [1.165, 1.54) is 196 Å². The van der Waals surface area contributed by atoms with Crippen molar-refractivity contribution in [3.05, 3.63) is 461 Å². The highest BCUT2D eigenvalue weighted by molar-refractivity contribution is 7.25. The zero-order valence-corrected chi connectivity index (χ0v) is 69.3. The summed E-state index contributed by atoms with van der Waals surface area (Å²) in [6.45, 7) is 0. The maximum Gasteiger partial charge on any atom is 0.135 e. The van der Waals surface area contributed by atoms with E-state index in [-0.39, 0.29) is 0 Å². The highest BCUT2D eigenvalue weighted by Crippen LogP contribution is 2.45. The Morgan fingerprint density at radius 2 is 0.381 bits per heavy atom. The third-order valence-corrected chi connectivity index (χ3v) is 26.9. The van der Waals surface area contributed by atoms with Crippen LogP contribution < -0.4 is 0 Å². The Bertz CT molecular complexity index is 8280. The van der Waals surface area contributed by atoms with Gasteiger partial charge in [0.05, 0.1) is 44.1 Å². The van der Waals surface area contributed by atoms with Gasteiger partial charge in [-0.3, -0.25) is 0 Å². The average molecular weight is 1620 g/mol. The van der Waals surface area contributed by atoms with Crippen molar-refractivity contribution in [2.24, 2.45) is 0 Å². The van der Waals surface area contributed by atoms with Crippen molar-refractivity contribution < 1.29 is 4.42 Å². The summed E-state index contributed by atoms with van der Waals surface area (Å²) in [5, 5.41) is 15.0. The number of hydrogen-bond donors (Lipinski definition) is 0. The van der Waals surface area contributed by atoms with Gasteiger partial charge in [-0.05, 0) is 259 Å². The minimum atomic E-state index is 0.912. The van der Waals surface area contributed by atoms with Crippen molar-refractivity contribution in [1.82, 2.24) is 18.3 Å². The molecule has 0 fully saturated rings. The highest BCUT2D eigenvalue weighted by Gasteiger charge is 2.22. The van der Waals surface area contributed by atoms with Crippen LogP contribution in [0, 0.1) is 0 Å². The van der Waals surface area contributed by atoms with Gasteiger partial charge in [-0.1, -0.05) is 291 Å². The molecule has 0 saturated carbocycles. The average Bonchev–Trinajstić information content (AvgIpc) is 1.58. The fourth-order valence-electron chi connectivity index (χ4n) is 19.9. The van der Waals surface area contributed by atoms with Gasteiger partial charge in [-0.2, -0.15) is 0 Å². The molecule has 0 radical (unpaired) electrons. The Morgan fingerprint density at radius 1 is 0.135 bits per heavy atom. The molecular formula is C120H76N4OS. The second kappa shape index (κ2) is 29.8. The molecule has 6 heterocycles. The standard InChI is InChI=1S/C60H38N2O.C60H38N2S/c2*1-5-25-55-49(21-1)50-22-2-6-26-56(50)62(55)48-30-31-58-53(38-48)51-23-3-7-27-57(51)61(58)47-20-12-19-45(36-47)43-17-10-15-41(34-43)39-13-9-14-40(33-39)42-16-11-18-44(35-42)46-29-32-60-54(37-46)52-24-4-8-28-59(52)63-60/h2*1-38H. The van der Waals surface area contributed by atoms with Crippen molar-refractivity contribution in [1.29, 1.82) is 0 Å². The Balaban J connectivity index is 0.000000137. The zero-order chi connectivity index (χ0) is 82.9. The summed E-state index contributed by atoms with van der Waals surface area (Å²) in [5.74, 6) is 0. The van der Waals surface area contributed by atoms with Crippen molar-refractivity contribution in [2.45, 2.75) is 0 Å². The largest absolute Gasteiger partial charge is 0.456 e. The van der Waals surface area contributed by atoms with E-state index in [9.17, 15) is 0 Å². The summed E-state index contributed by atoms with van der Waals surface area (Å²) >= 11 is 1.86. The Labute approximate surface area is 730 Å². The van der Waals surface area contributed by atoms with Crippen LogP contribution in [-0.4, -0.2) is 18.3 Å². The first-order valence-corrected chi connectivity index (χ1v) is 44.0. The minimum Gasteiger partial charge on any atom is -0.456 e. The predicted octanol–water partition coefficient (Wildman–Crippen LogP) is 33.4. The molecule has 0 atom stereocenters. The molecule has 0 spiro atoms. The molecule has 26 rings (SSSR count). The Kier molecular flexibility index (Phi) is 17.1. The van der Waals surface area contributed by atoms with Gasteiger partial charge in [0.25, 0.3) is 0 Å². The lowest BCUT2D eigenvalue weighted by atomic mass is 9.94. The molecule has 6 heteroatoms. The van der Waals surface area contributed by atoms with Crippen LogP contribution >= 0.6 is 11.3 Å². The third-order valence-electron chi connectivity index (χ3n) is 25.8. The quantitative estimate of drug-likeness (QED) is 0.120. The monoisotopic (exact) mass is 1620 g/mol. The smallest absolute Gasteiger partial charge is 0.135 e. The van der Waals surface area contributed by atoms with E-state index < -0.39 is 0 Å². The van der Waals surface area contributed by atoms with Crippen LogP contribution in [0.25, 0.3) is 241 Å². The maximum atomic E-state index is 6.11. The number of para-hydroxylation sites is 7. The van der Waals surface area contributed by atoms with Gasteiger partial charge in [0.1, 0.15) is 11.2 Å². The summed E-state index contributed by atoms with van der Waals surface area (Å²) in [7, 11) is 0. The van der Waals surface area contributed by atoms with Crippen LogP contribution in [0.4, 0.5) is 0 Å². The number of benzene rings is 20. The number of nitrogens with zero attached hydrogens (tertiary/aromatic N) is 4. The van der Waals surface area contributed by atoms with E-state index >= 15 is 0 Å². The second-order valence-corrected chi connectivity index (χ2v) is 34.1. The van der Waals surface area contributed by atoms with Gasteiger partial charge < -0.3 is 22.7 Å². The lowest BCUT2D eigenvalue weighted by Gasteiger charge is -2.12. The van der Waals surface area contributed by atoms with Crippen LogP contribution in [0.2, 0.25) is 0 Å². The number of rotatable bonds is 12. The van der Waals surface area contributed by atoms with E-state index in [4.69, 9.17) is 4.42 Å². The summed E-state index contributed by atoms with van der Waals surface area (Å²) in [6, 6.07) is 168. The van der Waals surface area contributed by atoms with Gasteiger partial charge in [-0.25, -0.2) is 0 Å². The van der Waals surface area contributed by atoms with Gasteiger partial charge >= 0.3 is 0 Å². The lowest BCUT2D eigenvalue weighted by molar-refractivity contribution is 0.669. The predicted molar refractivity (Wildman–Crippen MR) is 534 cm³/mol. The van der Waals surface area contributed by atoms with Crippen molar-refractivity contribution >= 4 is 141 Å². The van der Waals surface area contributed by atoms with Crippen LogP contribution in [-0.2, 0) is 0 Å². The molecule has 0 unspecified atom stereocenters. The Hall–Kier alpha value is -16.4. The fraction of sp³-hybridized carbons (Fsp3) is 0. The van der Waals surface area contributed by atoms with Crippen LogP contribution in [0.3, 0.4) is 0 Å². The van der Waals surface area contributed by atoms with Gasteiger partial charge in [-0.15, -0.1) is 11.3 Å². The van der Waals surface area contributed by atoms with Crippen molar-refractivity contribution in [2.75, 3.05) is 0 Å². The molecule has 588 valence electrons. The molecule has 5 nitrogen and oxygen atoms in total. The summed E-state index contributed by atoms with van der Waals surface area (Å²) in [5.41, 5.74) is 35.1. The van der Waals surface area contributed by atoms with Crippen molar-refractivity contribution in [3.63, 3.8) is 0 Å². The molecule has 0 N–H and O–H groups in total. The SMILES string of the molecule is c1cc(-c2cccc(-c3cccc(-n4c5ccccc5c5cc(-n6c7ccccc7c7ccccc76)ccc54)c3)c2)cc(-c2cccc(-c3ccc4oc5ccccc5c4c3)c2)c1.c1cc(-c2cccc(-c3cccc(-n4c5ccccc5c5cc(-n6c7ccccc7c7ccccc76)ccc54)c3)c2)cc(-c2cccc(-c3ccc4sc5ccccc5c4c3)c2)c1. The number of thiophene rings is 1. The molecule has 0 aliphatic heterocycles. The van der Waals surface area contributed by atoms with E-state index in [1.807, 2.05) is 23.5 Å². The van der Waals surface area contributed by atoms with Gasteiger partial charge in [0, 0.05) is 96.8 Å².